The van der Waals surface area contributed by atoms with Crippen LogP contribution in [0.15, 0.2) is 36.4 Å². The van der Waals surface area contributed by atoms with Crippen molar-refractivity contribution in [3.8, 4) is 17.6 Å². The van der Waals surface area contributed by atoms with Gasteiger partial charge >= 0.3 is 0 Å². The Morgan fingerprint density at radius 1 is 1.10 bits per heavy atom. The highest BCUT2D eigenvalue weighted by molar-refractivity contribution is 5.66. The standard InChI is InChI=1S/C16H15FN2O2/c1-20-13-7-4-6-12(15(13)17)10-19-16-11(9-18)5-3-8-14(16)21-2/h3-8,19H,10H2,1-2H3. The van der Waals surface area contributed by atoms with Gasteiger partial charge in [-0.15, -0.1) is 0 Å². The van der Waals surface area contributed by atoms with E-state index in [1.54, 1.807) is 36.4 Å². The van der Waals surface area contributed by atoms with Crippen molar-refractivity contribution in [2.24, 2.45) is 0 Å². The number of hydrogen-bond acceptors (Lipinski definition) is 4. The number of halogens is 1. The molecule has 4 nitrogen and oxygen atoms in total. The summed E-state index contributed by atoms with van der Waals surface area (Å²) < 4.78 is 24.2. The summed E-state index contributed by atoms with van der Waals surface area (Å²) in [5.74, 6) is 0.313. The van der Waals surface area contributed by atoms with Crippen molar-refractivity contribution in [1.82, 2.24) is 0 Å². The van der Waals surface area contributed by atoms with Gasteiger partial charge in [-0.25, -0.2) is 4.39 Å². The molecule has 1 N–H and O–H groups in total. The third-order valence-electron chi connectivity index (χ3n) is 3.09. The van der Waals surface area contributed by atoms with Crippen LogP contribution in [0.5, 0.6) is 11.5 Å². The van der Waals surface area contributed by atoms with Crippen LogP contribution in [-0.4, -0.2) is 14.2 Å². The predicted molar refractivity (Wildman–Crippen MR) is 78.0 cm³/mol. The lowest BCUT2D eigenvalue weighted by atomic mass is 10.1. The number of anilines is 1. The van der Waals surface area contributed by atoms with Gasteiger partial charge in [0.1, 0.15) is 11.8 Å². The van der Waals surface area contributed by atoms with Crippen molar-refractivity contribution in [3.63, 3.8) is 0 Å². The topological polar surface area (TPSA) is 54.3 Å². The highest BCUT2D eigenvalue weighted by atomic mass is 19.1. The Morgan fingerprint density at radius 3 is 2.43 bits per heavy atom. The zero-order valence-corrected chi connectivity index (χ0v) is 11.8. The number of rotatable bonds is 5. The molecule has 0 aliphatic carbocycles. The van der Waals surface area contributed by atoms with Gasteiger partial charge in [-0.05, 0) is 18.2 Å². The average molecular weight is 286 g/mol. The minimum atomic E-state index is -0.416. The van der Waals surface area contributed by atoms with E-state index in [2.05, 4.69) is 11.4 Å². The SMILES string of the molecule is COc1cccc(CNc2c(C#N)cccc2OC)c1F. The fraction of sp³-hybridized carbons (Fsp3) is 0.188. The van der Waals surface area contributed by atoms with E-state index < -0.39 is 5.82 Å². The van der Waals surface area contributed by atoms with Crippen LogP contribution in [0.2, 0.25) is 0 Å². The molecule has 0 bridgehead atoms. The maximum atomic E-state index is 14.1. The van der Waals surface area contributed by atoms with Crippen LogP contribution in [0.3, 0.4) is 0 Å². The Labute approximate surface area is 122 Å². The number of ether oxygens (including phenoxy) is 2. The monoisotopic (exact) mass is 286 g/mol. The van der Waals surface area contributed by atoms with E-state index in [9.17, 15) is 4.39 Å². The Kier molecular flexibility index (Phi) is 4.62. The van der Waals surface area contributed by atoms with Gasteiger partial charge in [-0.2, -0.15) is 5.26 Å². The van der Waals surface area contributed by atoms with E-state index in [1.807, 2.05) is 0 Å². The molecule has 2 aromatic rings. The van der Waals surface area contributed by atoms with Gasteiger partial charge in [0, 0.05) is 12.1 Å². The number of methoxy groups -OCH3 is 2. The first-order valence-corrected chi connectivity index (χ1v) is 6.33. The Morgan fingerprint density at radius 2 is 1.76 bits per heavy atom. The summed E-state index contributed by atoms with van der Waals surface area (Å²) in [4.78, 5) is 0. The van der Waals surface area contributed by atoms with Gasteiger partial charge in [0.15, 0.2) is 11.6 Å². The second-order valence-electron chi connectivity index (χ2n) is 4.28. The Hall–Kier alpha value is -2.74. The smallest absolute Gasteiger partial charge is 0.170 e. The molecule has 0 atom stereocenters. The summed E-state index contributed by atoms with van der Waals surface area (Å²) >= 11 is 0. The third kappa shape index (κ3) is 3.06. The van der Waals surface area contributed by atoms with Gasteiger partial charge in [0.25, 0.3) is 0 Å². The minimum Gasteiger partial charge on any atom is -0.495 e. The van der Waals surface area contributed by atoms with Crippen LogP contribution in [0.1, 0.15) is 11.1 Å². The van der Waals surface area contributed by atoms with E-state index in [0.29, 0.717) is 22.6 Å². The molecular formula is C16H15FN2O2. The molecule has 2 rings (SSSR count). The van der Waals surface area contributed by atoms with Crippen molar-refractivity contribution in [1.29, 1.82) is 5.26 Å². The molecule has 0 aliphatic rings. The summed E-state index contributed by atoms with van der Waals surface area (Å²) in [5, 5.41) is 12.2. The lowest BCUT2D eigenvalue weighted by Gasteiger charge is -2.13. The Bertz CT molecular complexity index is 680. The van der Waals surface area contributed by atoms with Gasteiger partial charge < -0.3 is 14.8 Å². The zero-order chi connectivity index (χ0) is 15.2. The van der Waals surface area contributed by atoms with E-state index in [0.717, 1.165) is 0 Å². The van der Waals surface area contributed by atoms with Gasteiger partial charge in [-0.1, -0.05) is 18.2 Å². The number of hydrogen-bond donors (Lipinski definition) is 1. The molecule has 0 fully saturated rings. The van der Waals surface area contributed by atoms with E-state index >= 15 is 0 Å². The molecule has 2 aromatic carbocycles. The van der Waals surface area contributed by atoms with E-state index in [4.69, 9.17) is 14.7 Å². The summed E-state index contributed by atoms with van der Waals surface area (Å²) in [5.41, 5.74) is 1.44. The maximum Gasteiger partial charge on any atom is 0.170 e. The number of benzene rings is 2. The fourth-order valence-corrected chi connectivity index (χ4v) is 2.01. The van der Waals surface area contributed by atoms with E-state index in [-0.39, 0.29) is 12.3 Å². The minimum absolute atomic E-state index is 0.190. The fourth-order valence-electron chi connectivity index (χ4n) is 2.01. The number of para-hydroxylation sites is 1. The average Bonchev–Trinajstić information content (AvgIpc) is 2.53. The molecule has 0 aromatic heterocycles. The quantitative estimate of drug-likeness (QED) is 0.916. The molecule has 0 saturated carbocycles. The summed E-state index contributed by atoms with van der Waals surface area (Å²) in [6, 6.07) is 12.2. The first kappa shape index (κ1) is 14.7. The molecule has 0 spiro atoms. The van der Waals surface area contributed by atoms with Crippen molar-refractivity contribution in [2.45, 2.75) is 6.54 Å². The van der Waals surface area contributed by atoms with Gasteiger partial charge in [0.2, 0.25) is 0 Å². The number of nitriles is 1. The van der Waals surface area contributed by atoms with Gasteiger partial charge in [0.05, 0.1) is 25.5 Å². The number of nitrogens with zero attached hydrogens (tertiary/aromatic N) is 1. The lowest BCUT2D eigenvalue weighted by Crippen LogP contribution is -2.05. The second-order valence-corrected chi connectivity index (χ2v) is 4.28. The third-order valence-corrected chi connectivity index (χ3v) is 3.09. The molecule has 0 radical (unpaired) electrons. The van der Waals surface area contributed by atoms with Crippen LogP contribution in [-0.2, 0) is 6.54 Å². The van der Waals surface area contributed by atoms with Crippen LogP contribution in [0.25, 0.3) is 0 Å². The zero-order valence-electron chi connectivity index (χ0n) is 11.8. The molecule has 0 aliphatic heterocycles. The molecule has 0 heterocycles. The van der Waals surface area contributed by atoms with E-state index in [1.165, 1.54) is 14.2 Å². The highest BCUT2D eigenvalue weighted by Gasteiger charge is 2.11. The van der Waals surface area contributed by atoms with Crippen LogP contribution >= 0.6 is 0 Å². The molecule has 0 saturated heterocycles. The molecule has 5 heteroatoms. The van der Waals surface area contributed by atoms with Crippen LogP contribution in [0.4, 0.5) is 10.1 Å². The van der Waals surface area contributed by atoms with Crippen LogP contribution < -0.4 is 14.8 Å². The highest BCUT2D eigenvalue weighted by Crippen LogP contribution is 2.29. The molecule has 0 amide bonds. The van der Waals surface area contributed by atoms with Crippen molar-refractivity contribution in [2.75, 3.05) is 19.5 Å². The van der Waals surface area contributed by atoms with Crippen molar-refractivity contribution < 1.29 is 13.9 Å². The predicted octanol–water partition coefficient (Wildman–Crippen LogP) is 3.33. The van der Waals surface area contributed by atoms with Crippen molar-refractivity contribution >= 4 is 5.69 Å². The molecule has 21 heavy (non-hydrogen) atoms. The Balaban J connectivity index is 2.27. The molecule has 0 unspecified atom stereocenters. The lowest BCUT2D eigenvalue weighted by molar-refractivity contribution is 0.384. The maximum absolute atomic E-state index is 14.1. The number of nitrogens with one attached hydrogen (secondary N) is 1. The summed E-state index contributed by atoms with van der Waals surface area (Å²) in [7, 11) is 2.94. The first-order valence-electron chi connectivity index (χ1n) is 6.33. The normalized spacial score (nSPS) is 9.81. The largest absolute Gasteiger partial charge is 0.495 e. The molecule has 108 valence electrons. The molecular weight excluding hydrogens is 271 g/mol. The van der Waals surface area contributed by atoms with Gasteiger partial charge in [-0.3, -0.25) is 0 Å². The van der Waals surface area contributed by atoms with Crippen molar-refractivity contribution in [3.05, 3.63) is 53.3 Å². The first-order chi connectivity index (χ1) is 10.2. The van der Waals surface area contributed by atoms with Crippen LogP contribution in [0, 0.1) is 17.1 Å². The summed E-state index contributed by atoms with van der Waals surface area (Å²) in [6.07, 6.45) is 0. The second kappa shape index (κ2) is 6.62. The summed E-state index contributed by atoms with van der Waals surface area (Å²) in [6.45, 7) is 0.220.